The van der Waals surface area contributed by atoms with Crippen LogP contribution in [0.4, 0.5) is 5.69 Å². The molecule has 4 rings (SSSR count). The first kappa shape index (κ1) is 22.8. The van der Waals surface area contributed by atoms with Crippen molar-refractivity contribution < 1.29 is 19.1 Å². The Balaban J connectivity index is 1.70. The summed E-state index contributed by atoms with van der Waals surface area (Å²) in [5.41, 5.74) is 4.45. The quantitative estimate of drug-likeness (QED) is 0.747. The first-order valence-electron chi connectivity index (χ1n) is 10.6. The zero-order chi connectivity index (χ0) is 23.9. The third kappa shape index (κ3) is 3.97. The van der Waals surface area contributed by atoms with Crippen molar-refractivity contribution in [1.29, 1.82) is 0 Å². The van der Waals surface area contributed by atoms with Gasteiger partial charge in [-0.15, -0.1) is 5.10 Å². The molecule has 0 aliphatic carbocycles. The predicted molar refractivity (Wildman–Crippen MR) is 128 cm³/mol. The molecule has 2 heterocycles. The van der Waals surface area contributed by atoms with Crippen molar-refractivity contribution in [3.8, 4) is 5.75 Å². The van der Waals surface area contributed by atoms with E-state index in [-0.39, 0.29) is 29.5 Å². The van der Waals surface area contributed by atoms with Crippen molar-refractivity contribution in [2.45, 2.75) is 39.5 Å². The summed E-state index contributed by atoms with van der Waals surface area (Å²) in [7, 11) is 0. The number of carbonyl (C=O) groups is 3. The van der Waals surface area contributed by atoms with Gasteiger partial charge in [0.05, 0.1) is 12.2 Å². The van der Waals surface area contributed by atoms with Gasteiger partial charge in [0.1, 0.15) is 12.4 Å². The zero-order valence-corrected chi connectivity index (χ0v) is 20.1. The van der Waals surface area contributed by atoms with Gasteiger partial charge in [-0.3, -0.25) is 14.4 Å². The standard InChI is InChI=1S/C24H26N4O4S/c1-14-6-8-19(9-7-14)32-11-10-27-21-16(3)12-15(2)13-20(21)24(22(27)31)28(18(5)30)26-23(33-24)25-17(4)29/h6-9,12-13H,10-11H2,1-5H3,(H,25,26,29)/t24-/m1/s1. The van der Waals surface area contributed by atoms with Crippen molar-refractivity contribution in [2.24, 2.45) is 5.10 Å². The summed E-state index contributed by atoms with van der Waals surface area (Å²) >= 11 is 1.08. The van der Waals surface area contributed by atoms with Gasteiger partial charge in [0.15, 0.2) is 5.17 Å². The number of fused-ring (bicyclic) bond motifs is 2. The number of hydrazone groups is 1. The van der Waals surface area contributed by atoms with E-state index in [1.165, 1.54) is 18.9 Å². The molecule has 2 aliphatic rings. The maximum Gasteiger partial charge on any atom is 0.270 e. The lowest BCUT2D eigenvalue weighted by Crippen LogP contribution is -2.49. The van der Waals surface area contributed by atoms with E-state index in [4.69, 9.17) is 4.74 Å². The number of hydrogen-bond acceptors (Lipinski definition) is 6. The minimum Gasteiger partial charge on any atom is -0.492 e. The molecule has 0 saturated carbocycles. The lowest BCUT2D eigenvalue weighted by atomic mass is 10.0. The van der Waals surface area contributed by atoms with Gasteiger partial charge in [-0.25, -0.2) is 0 Å². The molecule has 0 bridgehead atoms. The van der Waals surface area contributed by atoms with Gasteiger partial charge in [0.25, 0.3) is 5.91 Å². The largest absolute Gasteiger partial charge is 0.492 e. The summed E-state index contributed by atoms with van der Waals surface area (Å²) < 4.78 is 5.88. The number of rotatable bonds is 4. The van der Waals surface area contributed by atoms with E-state index in [1.54, 1.807) is 4.90 Å². The summed E-state index contributed by atoms with van der Waals surface area (Å²) in [6.07, 6.45) is 0. The second-order valence-corrected chi connectivity index (χ2v) is 9.44. The van der Waals surface area contributed by atoms with Crippen molar-refractivity contribution in [3.63, 3.8) is 0 Å². The maximum atomic E-state index is 14.0. The number of amides is 3. The Morgan fingerprint density at radius 2 is 1.79 bits per heavy atom. The second-order valence-electron chi connectivity index (χ2n) is 8.26. The fraction of sp³-hybridized carbons (Fsp3) is 0.333. The molecule has 2 aromatic rings. The summed E-state index contributed by atoms with van der Waals surface area (Å²) in [6.45, 7) is 9.20. The molecular formula is C24H26N4O4S. The van der Waals surface area contributed by atoms with Gasteiger partial charge in [0.2, 0.25) is 16.7 Å². The molecule has 2 aliphatic heterocycles. The molecule has 2 aromatic carbocycles. The van der Waals surface area contributed by atoms with Crippen LogP contribution in [-0.4, -0.2) is 41.0 Å². The molecule has 1 N–H and O–H groups in total. The summed E-state index contributed by atoms with van der Waals surface area (Å²) in [6, 6.07) is 11.6. The predicted octanol–water partition coefficient (Wildman–Crippen LogP) is 3.19. The zero-order valence-electron chi connectivity index (χ0n) is 19.3. The van der Waals surface area contributed by atoms with E-state index in [9.17, 15) is 14.4 Å². The Morgan fingerprint density at radius 3 is 2.42 bits per heavy atom. The van der Waals surface area contributed by atoms with Crippen molar-refractivity contribution in [2.75, 3.05) is 18.1 Å². The van der Waals surface area contributed by atoms with Crippen molar-refractivity contribution >= 4 is 40.3 Å². The van der Waals surface area contributed by atoms with E-state index < -0.39 is 4.87 Å². The Morgan fingerprint density at radius 1 is 1.09 bits per heavy atom. The smallest absolute Gasteiger partial charge is 0.270 e. The molecule has 1 spiro atoms. The summed E-state index contributed by atoms with van der Waals surface area (Å²) in [5, 5.41) is 8.32. The summed E-state index contributed by atoms with van der Waals surface area (Å²) in [5.74, 6) is -0.280. The van der Waals surface area contributed by atoms with Gasteiger partial charge >= 0.3 is 0 Å². The first-order valence-corrected chi connectivity index (χ1v) is 11.4. The Labute approximate surface area is 197 Å². The molecule has 0 fully saturated rings. The average Bonchev–Trinajstić information content (AvgIpc) is 3.21. The number of aryl methyl sites for hydroxylation is 3. The number of nitrogens with zero attached hydrogens (tertiary/aromatic N) is 3. The summed E-state index contributed by atoms with van der Waals surface area (Å²) in [4.78, 5) is 38.5. The van der Waals surface area contributed by atoms with Crippen LogP contribution in [0.3, 0.4) is 0 Å². The molecule has 0 saturated heterocycles. The Kier molecular flexibility index (Phi) is 5.92. The Bertz CT molecular complexity index is 1180. The number of carbonyl (C=O) groups excluding carboxylic acids is 3. The minimum atomic E-state index is -1.40. The molecule has 0 aromatic heterocycles. The highest BCUT2D eigenvalue weighted by molar-refractivity contribution is 8.15. The van der Waals surface area contributed by atoms with E-state index in [1.807, 2.05) is 57.2 Å². The van der Waals surface area contributed by atoms with E-state index in [2.05, 4.69) is 10.4 Å². The van der Waals surface area contributed by atoms with E-state index in [0.29, 0.717) is 12.1 Å². The highest BCUT2D eigenvalue weighted by Gasteiger charge is 2.61. The van der Waals surface area contributed by atoms with Gasteiger partial charge in [0, 0.05) is 19.4 Å². The molecule has 9 heteroatoms. The van der Waals surface area contributed by atoms with Crippen LogP contribution in [0.1, 0.15) is 36.1 Å². The monoisotopic (exact) mass is 466 g/mol. The Hall–Kier alpha value is -3.33. The molecule has 0 unspecified atom stereocenters. The topological polar surface area (TPSA) is 91.3 Å². The third-order valence-corrected chi connectivity index (χ3v) is 6.77. The third-order valence-electron chi connectivity index (χ3n) is 5.53. The van der Waals surface area contributed by atoms with Gasteiger partial charge in [-0.1, -0.05) is 35.4 Å². The molecule has 172 valence electrons. The van der Waals surface area contributed by atoms with Crippen LogP contribution in [0.2, 0.25) is 0 Å². The fourth-order valence-electron chi connectivity index (χ4n) is 4.24. The lowest BCUT2D eigenvalue weighted by molar-refractivity contribution is -0.139. The molecule has 33 heavy (non-hydrogen) atoms. The number of thioether (sulfide) groups is 1. The van der Waals surface area contributed by atoms with Crippen LogP contribution in [0.15, 0.2) is 41.5 Å². The number of nitrogens with one attached hydrogen (secondary N) is 1. The van der Waals surface area contributed by atoms with Crippen LogP contribution >= 0.6 is 11.8 Å². The van der Waals surface area contributed by atoms with Crippen molar-refractivity contribution in [1.82, 2.24) is 10.3 Å². The molecule has 0 radical (unpaired) electrons. The average molecular weight is 467 g/mol. The van der Waals surface area contributed by atoms with Gasteiger partial charge in [-0.2, -0.15) is 5.01 Å². The lowest BCUT2D eigenvalue weighted by Gasteiger charge is -2.29. The van der Waals surface area contributed by atoms with Crippen LogP contribution < -0.4 is 15.0 Å². The normalized spacial score (nSPS) is 19.1. The van der Waals surface area contributed by atoms with Crippen LogP contribution in [-0.2, 0) is 19.3 Å². The highest BCUT2D eigenvalue weighted by atomic mass is 32.2. The van der Waals surface area contributed by atoms with Crippen molar-refractivity contribution in [3.05, 3.63) is 58.7 Å². The van der Waals surface area contributed by atoms with Crippen LogP contribution in [0, 0.1) is 20.8 Å². The number of hydrogen-bond donors (Lipinski definition) is 1. The van der Waals surface area contributed by atoms with Crippen LogP contribution in [0.5, 0.6) is 5.75 Å². The van der Waals surface area contributed by atoms with E-state index in [0.717, 1.165) is 39.9 Å². The molecular weight excluding hydrogens is 440 g/mol. The fourth-order valence-corrected chi connectivity index (χ4v) is 5.56. The number of amidine groups is 1. The molecule has 1 atom stereocenters. The minimum absolute atomic E-state index is 0.217. The van der Waals surface area contributed by atoms with Gasteiger partial charge in [-0.05, 0) is 50.2 Å². The number of benzene rings is 2. The molecule has 8 nitrogen and oxygen atoms in total. The molecule has 3 amide bonds. The SMILES string of the molecule is CC(=O)NC1=NN(C(C)=O)[C@]2(S1)C(=O)N(CCOc1ccc(C)cc1)c1c(C)cc(C)cc12. The first-order chi connectivity index (χ1) is 15.6. The second kappa shape index (κ2) is 8.55. The van der Waals surface area contributed by atoms with E-state index >= 15 is 0 Å². The number of anilines is 1. The maximum absolute atomic E-state index is 14.0. The number of ether oxygens (including phenoxy) is 1. The van der Waals surface area contributed by atoms with Crippen LogP contribution in [0.25, 0.3) is 0 Å². The van der Waals surface area contributed by atoms with Gasteiger partial charge < -0.3 is 15.0 Å². The highest BCUT2D eigenvalue weighted by Crippen LogP contribution is 2.55.